The average Bonchev–Trinajstić information content (AvgIpc) is 2.82. The molecule has 124 valence electrons. The van der Waals surface area contributed by atoms with Crippen LogP contribution in [0.5, 0.6) is 0 Å². The topological polar surface area (TPSA) is 105 Å². The van der Waals surface area contributed by atoms with Gasteiger partial charge in [0.2, 0.25) is 10.0 Å². The van der Waals surface area contributed by atoms with Crippen molar-refractivity contribution in [2.45, 2.75) is 13.1 Å². The summed E-state index contributed by atoms with van der Waals surface area (Å²) in [5.74, 6) is -2.31. The van der Waals surface area contributed by atoms with Gasteiger partial charge in [0.15, 0.2) is 11.6 Å². The SMILES string of the molecule is Cc1nc(-c2ccc(C(=O)NS(=O)(=O)CC(F)(F)F)cc2)n[nH]1. The highest BCUT2D eigenvalue weighted by Gasteiger charge is 2.36. The molecule has 0 spiro atoms. The Bertz CT molecular complexity index is 813. The maximum Gasteiger partial charge on any atom is 0.404 e. The van der Waals surface area contributed by atoms with E-state index in [0.29, 0.717) is 17.2 Å². The van der Waals surface area contributed by atoms with Crippen molar-refractivity contribution >= 4 is 15.9 Å². The van der Waals surface area contributed by atoms with Crippen molar-refractivity contribution in [1.82, 2.24) is 19.9 Å². The lowest BCUT2D eigenvalue weighted by atomic mass is 10.1. The second kappa shape index (κ2) is 5.99. The molecule has 11 heteroatoms. The van der Waals surface area contributed by atoms with Gasteiger partial charge in [0.25, 0.3) is 5.91 Å². The lowest BCUT2D eigenvalue weighted by Gasteiger charge is -2.09. The Labute approximate surface area is 129 Å². The quantitative estimate of drug-likeness (QED) is 0.869. The fourth-order valence-electron chi connectivity index (χ4n) is 1.69. The minimum atomic E-state index is -4.93. The molecule has 2 aromatic rings. The second-order valence-electron chi connectivity index (χ2n) is 4.63. The van der Waals surface area contributed by atoms with Crippen LogP contribution in [-0.2, 0) is 10.0 Å². The molecular formula is C12H11F3N4O3S. The molecule has 2 N–H and O–H groups in total. The van der Waals surface area contributed by atoms with E-state index in [0.717, 1.165) is 0 Å². The first kappa shape index (κ1) is 16.9. The van der Waals surface area contributed by atoms with E-state index >= 15 is 0 Å². The number of nitrogens with zero attached hydrogens (tertiary/aromatic N) is 2. The van der Waals surface area contributed by atoms with Crippen molar-refractivity contribution in [1.29, 1.82) is 0 Å². The summed E-state index contributed by atoms with van der Waals surface area (Å²) >= 11 is 0. The fraction of sp³-hybridized carbons (Fsp3) is 0.250. The Kier molecular flexibility index (Phi) is 4.41. The molecule has 0 aliphatic heterocycles. The van der Waals surface area contributed by atoms with Gasteiger partial charge in [-0.2, -0.15) is 18.3 Å². The van der Waals surface area contributed by atoms with Gasteiger partial charge in [-0.15, -0.1) is 0 Å². The van der Waals surface area contributed by atoms with E-state index in [1.165, 1.54) is 29.0 Å². The van der Waals surface area contributed by atoms with Gasteiger partial charge < -0.3 is 0 Å². The number of sulfonamides is 1. The van der Waals surface area contributed by atoms with Crippen LogP contribution in [0.1, 0.15) is 16.2 Å². The molecule has 1 aromatic heterocycles. The summed E-state index contributed by atoms with van der Waals surface area (Å²) in [5, 5.41) is 6.53. The number of alkyl halides is 3. The van der Waals surface area contributed by atoms with Crippen molar-refractivity contribution in [2.24, 2.45) is 0 Å². The zero-order chi connectivity index (χ0) is 17.3. The van der Waals surface area contributed by atoms with Gasteiger partial charge in [0, 0.05) is 11.1 Å². The van der Waals surface area contributed by atoms with Crippen molar-refractivity contribution in [3.63, 3.8) is 0 Å². The second-order valence-corrected chi connectivity index (χ2v) is 6.35. The molecule has 0 saturated heterocycles. The zero-order valence-corrected chi connectivity index (χ0v) is 12.5. The maximum absolute atomic E-state index is 12.1. The number of rotatable bonds is 4. The van der Waals surface area contributed by atoms with Crippen molar-refractivity contribution < 1.29 is 26.4 Å². The molecule has 0 aliphatic rings. The minimum absolute atomic E-state index is 0.105. The largest absolute Gasteiger partial charge is 0.404 e. The zero-order valence-electron chi connectivity index (χ0n) is 11.7. The molecule has 2 rings (SSSR count). The normalized spacial score (nSPS) is 12.2. The third kappa shape index (κ3) is 4.77. The molecule has 0 bridgehead atoms. The molecule has 0 unspecified atom stereocenters. The van der Waals surface area contributed by atoms with Gasteiger partial charge in [-0.05, 0) is 19.1 Å². The number of carbonyl (C=O) groups excluding carboxylic acids is 1. The molecule has 0 saturated carbocycles. The number of benzene rings is 1. The van der Waals surface area contributed by atoms with Crippen LogP contribution in [0, 0.1) is 6.92 Å². The van der Waals surface area contributed by atoms with Gasteiger partial charge >= 0.3 is 6.18 Å². The Balaban J connectivity index is 2.12. The first-order valence-electron chi connectivity index (χ1n) is 6.17. The summed E-state index contributed by atoms with van der Waals surface area (Å²) in [5.41, 5.74) is 0.454. The summed E-state index contributed by atoms with van der Waals surface area (Å²) in [6.45, 7) is 1.70. The summed E-state index contributed by atoms with van der Waals surface area (Å²) in [6, 6.07) is 5.43. The van der Waals surface area contributed by atoms with Crippen LogP contribution in [0.25, 0.3) is 11.4 Å². The van der Waals surface area contributed by atoms with E-state index in [1.807, 2.05) is 0 Å². The van der Waals surface area contributed by atoms with E-state index in [1.54, 1.807) is 6.92 Å². The highest BCUT2D eigenvalue weighted by atomic mass is 32.2. The standard InChI is InChI=1S/C12H11F3N4O3S/c1-7-16-10(18-17-7)8-2-4-9(5-3-8)11(20)19-23(21,22)6-12(13,14)15/h2-5H,6H2,1H3,(H,19,20)(H,16,17,18). The number of carbonyl (C=O) groups is 1. The minimum Gasteiger partial charge on any atom is -0.268 e. The molecule has 7 nitrogen and oxygen atoms in total. The number of hydrogen-bond acceptors (Lipinski definition) is 5. The van der Waals surface area contributed by atoms with Crippen LogP contribution in [0.2, 0.25) is 0 Å². The van der Waals surface area contributed by atoms with Crippen LogP contribution in [0.4, 0.5) is 13.2 Å². The van der Waals surface area contributed by atoms with Crippen molar-refractivity contribution in [2.75, 3.05) is 5.75 Å². The molecule has 1 amide bonds. The summed E-state index contributed by atoms with van der Waals surface area (Å²) in [6.07, 6.45) is -4.93. The number of hydrogen-bond donors (Lipinski definition) is 2. The maximum atomic E-state index is 12.1. The van der Waals surface area contributed by atoms with E-state index in [4.69, 9.17) is 0 Å². The lowest BCUT2D eigenvalue weighted by molar-refractivity contribution is -0.106. The Morgan fingerprint density at radius 2 is 1.87 bits per heavy atom. The van der Waals surface area contributed by atoms with Crippen LogP contribution in [0.3, 0.4) is 0 Å². The van der Waals surface area contributed by atoms with Crippen molar-refractivity contribution in [3.8, 4) is 11.4 Å². The molecular weight excluding hydrogens is 337 g/mol. The van der Waals surface area contributed by atoms with Crippen LogP contribution < -0.4 is 4.72 Å². The number of halogens is 3. The van der Waals surface area contributed by atoms with Crippen LogP contribution in [-0.4, -0.2) is 41.4 Å². The number of amides is 1. The van der Waals surface area contributed by atoms with Gasteiger partial charge in [0.1, 0.15) is 5.82 Å². The van der Waals surface area contributed by atoms with E-state index in [9.17, 15) is 26.4 Å². The molecule has 23 heavy (non-hydrogen) atoms. The third-order valence-corrected chi connectivity index (χ3v) is 3.81. The molecule has 1 heterocycles. The van der Waals surface area contributed by atoms with Crippen LogP contribution >= 0.6 is 0 Å². The highest BCUT2D eigenvalue weighted by Crippen LogP contribution is 2.18. The monoisotopic (exact) mass is 348 g/mol. The van der Waals surface area contributed by atoms with Gasteiger partial charge in [-0.25, -0.2) is 18.1 Å². The fourth-order valence-corrected chi connectivity index (χ4v) is 2.60. The van der Waals surface area contributed by atoms with Crippen molar-refractivity contribution in [3.05, 3.63) is 35.7 Å². The van der Waals surface area contributed by atoms with Gasteiger partial charge in [-0.3, -0.25) is 9.89 Å². The lowest BCUT2D eigenvalue weighted by Crippen LogP contribution is -2.37. The third-order valence-electron chi connectivity index (χ3n) is 2.60. The summed E-state index contributed by atoms with van der Waals surface area (Å²) in [7, 11) is -4.80. The summed E-state index contributed by atoms with van der Waals surface area (Å²) in [4.78, 5) is 15.8. The smallest absolute Gasteiger partial charge is 0.268 e. The number of H-pyrrole nitrogens is 1. The van der Waals surface area contributed by atoms with Gasteiger partial charge in [0.05, 0.1) is 0 Å². The average molecular weight is 348 g/mol. The molecule has 0 fully saturated rings. The number of aryl methyl sites for hydroxylation is 1. The first-order chi connectivity index (χ1) is 10.6. The Morgan fingerprint density at radius 1 is 1.26 bits per heavy atom. The highest BCUT2D eigenvalue weighted by molar-refractivity contribution is 7.90. The molecule has 0 atom stereocenters. The Morgan fingerprint density at radius 3 is 2.35 bits per heavy atom. The number of aromatic amines is 1. The van der Waals surface area contributed by atoms with Gasteiger partial charge in [-0.1, -0.05) is 12.1 Å². The van der Waals surface area contributed by atoms with E-state index < -0.39 is 27.9 Å². The molecule has 1 aromatic carbocycles. The predicted molar refractivity (Wildman–Crippen MR) is 73.9 cm³/mol. The Hall–Kier alpha value is -2.43. The van der Waals surface area contributed by atoms with E-state index in [-0.39, 0.29) is 5.56 Å². The number of nitrogens with one attached hydrogen (secondary N) is 2. The van der Waals surface area contributed by atoms with Crippen LogP contribution in [0.15, 0.2) is 24.3 Å². The molecule has 0 aliphatic carbocycles. The predicted octanol–water partition coefficient (Wildman–Crippen LogP) is 1.40. The van der Waals surface area contributed by atoms with E-state index in [2.05, 4.69) is 15.2 Å². The number of aromatic nitrogens is 3. The molecule has 0 radical (unpaired) electrons. The summed E-state index contributed by atoms with van der Waals surface area (Å²) < 4.78 is 60.2. The first-order valence-corrected chi connectivity index (χ1v) is 7.82.